The van der Waals surface area contributed by atoms with Gasteiger partial charge in [0.25, 0.3) is 0 Å². The van der Waals surface area contributed by atoms with Crippen LogP contribution in [0.2, 0.25) is 5.02 Å². The lowest BCUT2D eigenvalue weighted by Crippen LogP contribution is -2.27. The van der Waals surface area contributed by atoms with E-state index in [1.807, 2.05) is 12.1 Å². The SMILES string of the molecule is COC(C)CNCCc1ccc(Cl)cc1. The molecule has 2 nitrogen and oxygen atoms in total. The highest BCUT2D eigenvalue weighted by Gasteiger charge is 1.98. The van der Waals surface area contributed by atoms with Crippen molar-refractivity contribution in [1.82, 2.24) is 5.32 Å². The summed E-state index contributed by atoms with van der Waals surface area (Å²) < 4.78 is 5.14. The summed E-state index contributed by atoms with van der Waals surface area (Å²) in [6, 6.07) is 7.97. The molecule has 1 unspecified atom stereocenters. The van der Waals surface area contributed by atoms with E-state index in [4.69, 9.17) is 16.3 Å². The molecule has 0 aliphatic heterocycles. The lowest BCUT2D eigenvalue weighted by atomic mass is 10.1. The third-order valence-electron chi connectivity index (χ3n) is 2.34. The number of methoxy groups -OCH3 is 1. The summed E-state index contributed by atoms with van der Waals surface area (Å²) in [6.07, 6.45) is 1.29. The Morgan fingerprint density at radius 1 is 1.33 bits per heavy atom. The molecule has 1 rings (SSSR count). The van der Waals surface area contributed by atoms with Crippen LogP contribution in [0.4, 0.5) is 0 Å². The Kier molecular flexibility index (Phi) is 5.69. The first-order chi connectivity index (χ1) is 7.22. The van der Waals surface area contributed by atoms with Crippen LogP contribution < -0.4 is 5.32 Å². The van der Waals surface area contributed by atoms with Gasteiger partial charge in [-0.1, -0.05) is 23.7 Å². The van der Waals surface area contributed by atoms with Crippen molar-refractivity contribution < 1.29 is 4.74 Å². The summed E-state index contributed by atoms with van der Waals surface area (Å²) in [7, 11) is 1.73. The van der Waals surface area contributed by atoms with E-state index in [0.29, 0.717) is 0 Å². The van der Waals surface area contributed by atoms with Crippen molar-refractivity contribution in [3.05, 3.63) is 34.9 Å². The van der Waals surface area contributed by atoms with Gasteiger partial charge in [-0.2, -0.15) is 0 Å². The molecule has 0 spiro atoms. The van der Waals surface area contributed by atoms with Gasteiger partial charge in [0.05, 0.1) is 6.10 Å². The summed E-state index contributed by atoms with van der Waals surface area (Å²) >= 11 is 5.80. The van der Waals surface area contributed by atoms with Crippen molar-refractivity contribution in [2.45, 2.75) is 19.4 Å². The van der Waals surface area contributed by atoms with Crippen molar-refractivity contribution in [3.63, 3.8) is 0 Å². The number of hydrogen-bond donors (Lipinski definition) is 1. The molecule has 3 heteroatoms. The summed E-state index contributed by atoms with van der Waals surface area (Å²) in [5, 5.41) is 4.13. The first-order valence-corrected chi connectivity index (χ1v) is 5.58. The molecule has 0 heterocycles. The molecular weight excluding hydrogens is 210 g/mol. The Morgan fingerprint density at radius 2 is 2.00 bits per heavy atom. The Labute approximate surface area is 96.6 Å². The average Bonchev–Trinajstić information content (AvgIpc) is 2.26. The van der Waals surface area contributed by atoms with Crippen LogP contribution in [0.25, 0.3) is 0 Å². The topological polar surface area (TPSA) is 21.3 Å². The van der Waals surface area contributed by atoms with E-state index < -0.39 is 0 Å². The molecule has 15 heavy (non-hydrogen) atoms. The maximum absolute atomic E-state index is 5.80. The Bertz CT molecular complexity index is 273. The quantitative estimate of drug-likeness (QED) is 0.755. The zero-order valence-electron chi connectivity index (χ0n) is 9.29. The molecule has 84 valence electrons. The Hall–Kier alpha value is -0.570. The van der Waals surface area contributed by atoms with E-state index in [2.05, 4.69) is 24.4 Å². The summed E-state index contributed by atoms with van der Waals surface area (Å²) in [5.74, 6) is 0. The number of benzene rings is 1. The number of halogens is 1. The second-order valence-corrected chi connectivity index (χ2v) is 4.06. The Balaban J connectivity index is 2.17. The maximum Gasteiger partial charge on any atom is 0.0667 e. The van der Waals surface area contributed by atoms with Crippen molar-refractivity contribution in [3.8, 4) is 0 Å². The molecule has 0 radical (unpaired) electrons. The fourth-order valence-corrected chi connectivity index (χ4v) is 1.40. The van der Waals surface area contributed by atoms with Crippen LogP contribution in [0.1, 0.15) is 12.5 Å². The molecule has 1 aromatic rings. The van der Waals surface area contributed by atoms with Crippen LogP contribution in [0.15, 0.2) is 24.3 Å². The molecule has 0 aromatic heterocycles. The fourth-order valence-electron chi connectivity index (χ4n) is 1.27. The fraction of sp³-hybridized carbons (Fsp3) is 0.500. The highest BCUT2D eigenvalue weighted by Crippen LogP contribution is 2.09. The van der Waals surface area contributed by atoms with Crippen LogP contribution in [-0.4, -0.2) is 26.3 Å². The standard InChI is InChI=1S/C12H18ClNO/c1-10(15-2)9-14-8-7-11-3-5-12(13)6-4-11/h3-6,10,14H,7-9H2,1-2H3. The largest absolute Gasteiger partial charge is 0.380 e. The number of hydrogen-bond acceptors (Lipinski definition) is 2. The first kappa shape index (κ1) is 12.5. The number of ether oxygens (including phenoxy) is 1. The van der Waals surface area contributed by atoms with E-state index in [1.54, 1.807) is 7.11 Å². The van der Waals surface area contributed by atoms with Gasteiger partial charge in [0.2, 0.25) is 0 Å². The molecule has 0 aliphatic rings. The van der Waals surface area contributed by atoms with E-state index in [1.165, 1.54) is 5.56 Å². The van der Waals surface area contributed by atoms with Crippen LogP contribution in [0, 0.1) is 0 Å². The minimum atomic E-state index is 0.273. The van der Waals surface area contributed by atoms with Gasteiger partial charge in [-0.15, -0.1) is 0 Å². The van der Waals surface area contributed by atoms with Gasteiger partial charge < -0.3 is 10.1 Å². The van der Waals surface area contributed by atoms with Gasteiger partial charge in [0.1, 0.15) is 0 Å². The van der Waals surface area contributed by atoms with E-state index >= 15 is 0 Å². The molecule has 0 bridgehead atoms. The van der Waals surface area contributed by atoms with Crippen molar-refractivity contribution in [2.24, 2.45) is 0 Å². The van der Waals surface area contributed by atoms with Gasteiger partial charge >= 0.3 is 0 Å². The number of rotatable bonds is 6. The van der Waals surface area contributed by atoms with Crippen LogP contribution >= 0.6 is 11.6 Å². The molecule has 0 aliphatic carbocycles. The smallest absolute Gasteiger partial charge is 0.0667 e. The van der Waals surface area contributed by atoms with Gasteiger partial charge in [0.15, 0.2) is 0 Å². The monoisotopic (exact) mass is 227 g/mol. The van der Waals surface area contributed by atoms with E-state index in [0.717, 1.165) is 24.5 Å². The average molecular weight is 228 g/mol. The number of nitrogens with one attached hydrogen (secondary N) is 1. The van der Waals surface area contributed by atoms with Gasteiger partial charge in [-0.05, 0) is 37.6 Å². The van der Waals surface area contributed by atoms with Gasteiger partial charge in [-0.3, -0.25) is 0 Å². The van der Waals surface area contributed by atoms with Crippen molar-refractivity contribution in [2.75, 3.05) is 20.2 Å². The molecule has 0 amide bonds. The van der Waals surface area contributed by atoms with Gasteiger partial charge in [0, 0.05) is 18.7 Å². The molecular formula is C12H18ClNO. The van der Waals surface area contributed by atoms with Crippen molar-refractivity contribution in [1.29, 1.82) is 0 Å². The first-order valence-electron chi connectivity index (χ1n) is 5.20. The lowest BCUT2D eigenvalue weighted by molar-refractivity contribution is 0.117. The normalized spacial score (nSPS) is 12.7. The predicted octanol–water partition coefficient (Wildman–Crippen LogP) is 2.51. The molecule has 1 N–H and O–H groups in total. The maximum atomic E-state index is 5.80. The third-order valence-corrected chi connectivity index (χ3v) is 2.59. The lowest BCUT2D eigenvalue weighted by Gasteiger charge is -2.10. The molecule has 1 aromatic carbocycles. The van der Waals surface area contributed by atoms with E-state index in [-0.39, 0.29) is 6.10 Å². The molecule has 0 saturated carbocycles. The second-order valence-electron chi connectivity index (χ2n) is 3.63. The highest BCUT2D eigenvalue weighted by atomic mass is 35.5. The minimum absolute atomic E-state index is 0.273. The van der Waals surface area contributed by atoms with Crippen LogP contribution in [0.5, 0.6) is 0 Å². The van der Waals surface area contributed by atoms with Crippen molar-refractivity contribution >= 4 is 11.6 Å². The van der Waals surface area contributed by atoms with Crippen LogP contribution in [-0.2, 0) is 11.2 Å². The van der Waals surface area contributed by atoms with Gasteiger partial charge in [-0.25, -0.2) is 0 Å². The zero-order chi connectivity index (χ0) is 11.1. The molecule has 1 atom stereocenters. The predicted molar refractivity (Wildman–Crippen MR) is 64.5 cm³/mol. The summed E-state index contributed by atoms with van der Waals surface area (Å²) in [4.78, 5) is 0. The highest BCUT2D eigenvalue weighted by molar-refractivity contribution is 6.30. The van der Waals surface area contributed by atoms with Crippen LogP contribution in [0.3, 0.4) is 0 Å². The molecule has 0 fully saturated rings. The summed E-state index contributed by atoms with van der Waals surface area (Å²) in [6.45, 7) is 3.91. The second kappa shape index (κ2) is 6.83. The summed E-state index contributed by atoms with van der Waals surface area (Å²) in [5.41, 5.74) is 1.30. The Morgan fingerprint density at radius 3 is 2.60 bits per heavy atom. The minimum Gasteiger partial charge on any atom is -0.380 e. The zero-order valence-corrected chi connectivity index (χ0v) is 10.1. The third kappa shape index (κ3) is 5.17. The molecule has 0 saturated heterocycles. The van der Waals surface area contributed by atoms with E-state index in [9.17, 15) is 0 Å².